The highest BCUT2D eigenvalue weighted by Crippen LogP contribution is 2.31. The minimum absolute atomic E-state index is 0.00776. The number of hydrogen-bond donors (Lipinski definition) is 2. The van der Waals surface area contributed by atoms with E-state index in [1.165, 1.54) is 19.3 Å². The van der Waals surface area contributed by atoms with Gasteiger partial charge in [0.1, 0.15) is 11.5 Å². The highest BCUT2D eigenvalue weighted by Gasteiger charge is 2.33. The Labute approximate surface area is 223 Å². The molecular weight excluding hydrogens is 486 g/mol. The number of likely N-dealkylation sites (tertiary alicyclic amines) is 1. The Kier molecular flexibility index (Phi) is 8.20. The summed E-state index contributed by atoms with van der Waals surface area (Å²) >= 11 is 0. The molecule has 1 aliphatic heterocycles. The zero-order valence-electron chi connectivity index (χ0n) is 22.8. The van der Waals surface area contributed by atoms with E-state index in [4.69, 9.17) is 8.83 Å². The number of aromatic nitrogens is 2. The van der Waals surface area contributed by atoms with Gasteiger partial charge in [-0.15, -0.1) is 5.10 Å². The molecule has 0 saturated carbocycles. The van der Waals surface area contributed by atoms with Crippen molar-refractivity contribution < 1.29 is 23.5 Å². The number of aryl methyl sites for hydroxylation is 2. The summed E-state index contributed by atoms with van der Waals surface area (Å²) < 4.78 is 11.2. The van der Waals surface area contributed by atoms with Gasteiger partial charge in [-0.05, 0) is 81.9 Å². The summed E-state index contributed by atoms with van der Waals surface area (Å²) in [5.41, 5.74) is 1.70. The number of carboxylic acid groups (broad SMARTS) is 1. The largest absolute Gasteiger partial charge is 0.466 e. The molecule has 4 rings (SSSR count). The molecule has 204 valence electrons. The predicted molar refractivity (Wildman–Crippen MR) is 145 cm³/mol. The maximum Gasteiger partial charge on any atom is 0.415 e. The van der Waals surface area contributed by atoms with Crippen molar-refractivity contribution in [1.82, 2.24) is 15.1 Å². The van der Waals surface area contributed by atoms with Crippen LogP contribution in [-0.4, -0.2) is 57.9 Å². The SMILES string of the molecule is Cc1cc(C(=O)Nc2ccc(-c3nnc(N(CCC(N4CCCCC4)C(C)(C)C)C(=O)O)o3)cc2)c(C)o1. The molecular formula is C28H37N5O5. The summed E-state index contributed by atoms with van der Waals surface area (Å²) in [5.74, 6) is 1.17. The van der Waals surface area contributed by atoms with Crippen LogP contribution < -0.4 is 10.2 Å². The second-order valence-electron chi connectivity index (χ2n) is 10.9. The second-order valence-corrected chi connectivity index (χ2v) is 10.9. The van der Waals surface area contributed by atoms with E-state index in [2.05, 4.69) is 41.2 Å². The zero-order valence-corrected chi connectivity index (χ0v) is 22.8. The number of nitrogens with one attached hydrogen (secondary N) is 1. The predicted octanol–water partition coefficient (Wildman–Crippen LogP) is 5.97. The molecule has 3 heterocycles. The van der Waals surface area contributed by atoms with Gasteiger partial charge >= 0.3 is 12.1 Å². The van der Waals surface area contributed by atoms with Gasteiger partial charge in [-0.2, -0.15) is 0 Å². The van der Waals surface area contributed by atoms with Gasteiger partial charge in [0.05, 0.1) is 5.56 Å². The smallest absolute Gasteiger partial charge is 0.415 e. The number of piperidine rings is 1. The summed E-state index contributed by atoms with van der Waals surface area (Å²) in [7, 11) is 0. The van der Waals surface area contributed by atoms with Crippen molar-refractivity contribution >= 4 is 23.7 Å². The number of hydrogen-bond acceptors (Lipinski definition) is 7. The Morgan fingerprint density at radius 3 is 2.34 bits per heavy atom. The van der Waals surface area contributed by atoms with Crippen LogP contribution in [0.4, 0.5) is 16.5 Å². The lowest BCUT2D eigenvalue weighted by atomic mass is 9.82. The van der Waals surface area contributed by atoms with Gasteiger partial charge in [0.2, 0.25) is 5.89 Å². The fraction of sp³-hybridized carbons (Fsp3) is 0.500. The van der Waals surface area contributed by atoms with Crippen LogP contribution in [0.15, 0.2) is 39.2 Å². The normalized spacial score (nSPS) is 15.3. The average molecular weight is 524 g/mol. The molecule has 1 saturated heterocycles. The standard InChI is InChI=1S/C28H37N5O5/c1-18-17-22(19(2)37-18)24(34)29-21-11-9-20(10-12-21)25-30-31-26(38-25)33(27(35)36)16-13-23(28(3,4)5)32-14-7-6-8-15-32/h9-12,17,23H,6-8,13-16H2,1-5H3,(H,29,34)(H,35,36). The first-order valence-electron chi connectivity index (χ1n) is 13.1. The third kappa shape index (κ3) is 6.42. The van der Waals surface area contributed by atoms with Crippen molar-refractivity contribution in [2.24, 2.45) is 5.41 Å². The molecule has 3 aromatic rings. The highest BCUT2D eigenvalue weighted by atomic mass is 16.4. The van der Waals surface area contributed by atoms with E-state index in [1.54, 1.807) is 44.2 Å². The van der Waals surface area contributed by atoms with Crippen LogP contribution in [0.3, 0.4) is 0 Å². The molecule has 2 amide bonds. The molecule has 1 aromatic carbocycles. The van der Waals surface area contributed by atoms with Crippen molar-refractivity contribution in [2.75, 3.05) is 29.9 Å². The van der Waals surface area contributed by atoms with Crippen LogP contribution in [0.25, 0.3) is 11.5 Å². The van der Waals surface area contributed by atoms with Crippen LogP contribution in [0.2, 0.25) is 0 Å². The lowest BCUT2D eigenvalue weighted by Gasteiger charge is -2.42. The fourth-order valence-corrected chi connectivity index (χ4v) is 5.11. The molecule has 1 unspecified atom stereocenters. The van der Waals surface area contributed by atoms with Gasteiger partial charge in [-0.3, -0.25) is 9.69 Å². The Morgan fingerprint density at radius 2 is 1.76 bits per heavy atom. The molecule has 0 radical (unpaired) electrons. The molecule has 2 aromatic heterocycles. The lowest BCUT2D eigenvalue weighted by Crippen LogP contribution is -2.48. The summed E-state index contributed by atoms with van der Waals surface area (Å²) in [5, 5.41) is 20.8. The molecule has 38 heavy (non-hydrogen) atoms. The number of furan rings is 1. The Bertz CT molecular complexity index is 1250. The molecule has 10 heteroatoms. The maximum absolute atomic E-state index is 12.5. The minimum Gasteiger partial charge on any atom is -0.466 e. The number of benzene rings is 1. The maximum atomic E-state index is 12.5. The molecule has 10 nitrogen and oxygen atoms in total. The van der Waals surface area contributed by atoms with Crippen LogP contribution in [0, 0.1) is 19.3 Å². The van der Waals surface area contributed by atoms with E-state index in [9.17, 15) is 14.7 Å². The van der Waals surface area contributed by atoms with Crippen molar-refractivity contribution in [3.63, 3.8) is 0 Å². The monoisotopic (exact) mass is 523 g/mol. The molecule has 0 spiro atoms. The summed E-state index contributed by atoms with van der Waals surface area (Å²) in [6.07, 6.45) is 3.13. The van der Waals surface area contributed by atoms with Crippen LogP contribution >= 0.6 is 0 Å². The highest BCUT2D eigenvalue weighted by molar-refractivity contribution is 6.05. The van der Waals surface area contributed by atoms with Gasteiger partial charge < -0.3 is 19.3 Å². The van der Waals surface area contributed by atoms with E-state index in [1.807, 2.05) is 0 Å². The van der Waals surface area contributed by atoms with Gasteiger partial charge in [-0.1, -0.05) is 32.3 Å². The molecule has 2 N–H and O–H groups in total. The minimum atomic E-state index is -1.13. The van der Waals surface area contributed by atoms with Gasteiger partial charge in [0.25, 0.3) is 5.91 Å². The number of anilines is 2. The molecule has 1 aliphatic rings. The summed E-state index contributed by atoms with van der Waals surface area (Å²) in [6.45, 7) is 12.5. The average Bonchev–Trinajstić information content (AvgIpc) is 3.48. The van der Waals surface area contributed by atoms with Gasteiger partial charge in [0.15, 0.2) is 0 Å². The number of amides is 2. The van der Waals surface area contributed by atoms with Crippen LogP contribution in [0.5, 0.6) is 0 Å². The zero-order chi connectivity index (χ0) is 27.4. The molecule has 1 fully saturated rings. The third-order valence-corrected chi connectivity index (χ3v) is 7.01. The van der Waals surface area contributed by atoms with Crippen molar-refractivity contribution in [2.45, 2.75) is 66.3 Å². The van der Waals surface area contributed by atoms with Gasteiger partial charge in [-0.25, -0.2) is 9.69 Å². The summed E-state index contributed by atoms with van der Waals surface area (Å²) in [6, 6.07) is 8.80. The first-order chi connectivity index (χ1) is 18.0. The Hall–Kier alpha value is -3.66. The fourth-order valence-electron chi connectivity index (χ4n) is 5.11. The van der Waals surface area contributed by atoms with E-state index >= 15 is 0 Å². The van der Waals surface area contributed by atoms with Crippen molar-refractivity contribution in [3.8, 4) is 11.5 Å². The first kappa shape index (κ1) is 27.4. The topological polar surface area (TPSA) is 125 Å². The van der Waals surface area contributed by atoms with Gasteiger partial charge in [0, 0.05) is 23.8 Å². The number of carbonyl (C=O) groups excluding carboxylic acids is 1. The van der Waals surface area contributed by atoms with E-state index in [0.29, 0.717) is 34.8 Å². The van der Waals surface area contributed by atoms with E-state index in [0.717, 1.165) is 18.0 Å². The number of carbonyl (C=O) groups is 2. The lowest BCUT2D eigenvalue weighted by molar-refractivity contribution is 0.0746. The van der Waals surface area contributed by atoms with Crippen molar-refractivity contribution in [1.29, 1.82) is 0 Å². The molecule has 0 bridgehead atoms. The van der Waals surface area contributed by atoms with Crippen LogP contribution in [-0.2, 0) is 0 Å². The quantitative estimate of drug-likeness (QED) is 0.370. The number of nitrogens with zero attached hydrogens (tertiary/aromatic N) is 4. The van der Waals surface area contributed by atoms with Crippen molar-refractivity contribution in [3.05, 3.63) is 47.4 Å². The first-order valence-corrected chi connectivity index (χ1v) is 13.1. The third-order valence-electron chi connectivity index (χ3n) is 7.01. The van der Waals surface area contributed by atoms with Crippen LogP contribution in [0.1, 0.15) is 68.3 Å². The number of rotatable bonds is 8. The summed E-state index contributed by atoms with van der Waals surface area (Å²) in [4.78, 5) is 28.3. The van der Waals surface area contributed by atoms with E-state index in [-0.39, 0.29) is 35.8 Å². The molecule has 0 aliphatic carbocycles. The Balaban J connectivity index is 1.43. The molecule has 1 atom stereocenters. The Morgan fingerprint density at radius 1 is 1.08 bits per heavy atom. The second kappa shape index (κ2) is 11.4. The van der Waals surface area contributed by atoms with E-state index < -0.39 is 6.09 Å².